The molecule has 1 aliphatic heterocycles. The van der Waals surface area contributed by atoms with Crippen LogP contribution in [0.2, 0.25) is 0 Å². The zero-order chi connectivity index (χ0) is 25.2. The summed E-state index contributed by atoms with van der Waals surface area (Å²) in [6, 6.07) is 25.2. The van der Waals surface area contributed by atoms with Gasteiger partial charge in [-0.3, -0.25) is 9.69 Å². The lowest BCUT2D eigenvalue weighted by molar-refractivity contribution is 0.0974. The van der Waals surface area contributed by atoms with Gasteiger partial charge in [-0.2, -0.15) is 0 Å². The average Bonchev–Trinajstić information content (AvgIpc) is 2.90. The molecule has 36 heavy (non-hydrogen) atoms. The number of fused-ring (bicyclic) bond motifs is 1. The number of nitrogens with one attached hydrogen (secondary N) is 1. The van der Waals surface area contributed by atoms with Crippen molar-refractivity contribution in [2.45, 2.75) is 26.6 Å². The Kier molecular flexibility index (Phi) is 6.34. The number of ether oxygens (including phenoxy) is 2. The van der Waals surface area contributed by atoms with Gasteiger partial charge in [0.25, 0.3) is 5.91 Å². The lowest BCUT2D eigenvalue weighted by Crippen LogP contribution is -2.43. The normalized spacial score (nSPS) is 14.7. The largest absolute Gasteiger partial charge is 0.496 e. The second kappa shape index (κ2) is 9.74. The molecule has 1 heterocycles. The molecule has 1 N–H and O–H groups in total. The predicted molar refractivity (Wildman–Crippen MR) is 139 cm³/mol. The van der Waals surface area contributed by atoms with E-state index in [0.29, 0.717) is 17.0 Å². The zero-order valence-corrected chi connectivity index (χ0v) is 20.4. The Morgan fingerprint density at radius 2 is 1.69 bits per heavy atom. The van der Waals surface area contributed by atoms with E-state index >= 15 is 0 Å². The third-order valence-corrected chi connectivity index (χ3v) is 6.60. The van der Waals surface area contributed by atoms with Crippen LogP contribution in [0.25, 0.3) is 0 Å². The van der Waals surface area contributed by atoms with Crippen molar-refractivity contribution in [3.8, 4) is 11.5 Å². The van der Waals surface area contributed by atoms with E-state index in [9.17, 15) is 9.18 Å². The Labute approximate surface area is 210 Å². The molecule has 0 unspecified atom stereocenters. The smallest absolute Gasteiger partial charge is 0.262 e. The summed E-state index contributed by atoms with van der Waals surface area (Å²) in [6.07, 6.45) is -0.630. The van der Waals surface area contributed by atoms with E-state index in [1.54, 1.807) is 37.4 Å². The Bertz CT molecular complexity index is 1440. The number of para-hydroxylation sites is 2. The molecule has 4 aromatic rings. The van der Waals surface area contributed by atoms with Crippen LogP contribution in [0.15, 0.2) is 84.9 Å². The van der Waals surface area contributed by atoms with E-state index in [1.807, 2.05) is 62.4 Å². The van der Waals surface area contributed by atoms with E-state index in [4.69, 9.17) is 9.47 Å². The number of aryl methyl sites for hydroxylation is 1. The topological polar surface area (TPSA) is 50.8 Å². The van der Waals surface area contributed by atoms with E-state index in [2.05, 4.69) is 5.32 Å². The number of halogens is 1. The first kappa shape index (κ1) is 23.4. The standard InChI is InChI=1S/C30H27FN2O3/c1-19-9-8-14-27(20(19)2)36-18-22-17-21(15-16-28(22)35-3)29-32-25-12-6-4-10-23(25)30(34)33(29)26-13-7-5-11-24(26)31/h4-17,29,32H,18H2,1-3H3/t29-/m0/s1. The van der Waals surface area contributed by atoms with Crippen LogP contribution < -0.4 is 19.7 Å². The van der Waals surface area contributed by atoms with Crippen molar-refractivity contribution in [1.29, 1.82) is 0 Å². The number of amides is 1. The minimum Gasteiger partial charge on any atom is -0.496 e. The molecule has 0 fully saturated rings. The monoisotopic (exact) mass is 482 g/mol. The predicted octanol–water partition coefficient (Wildman–Crippen LogP) is 6.80. The third-order valence-electron chi connectivity index (χ3n) is 6.60. The summed E-state index contributed by atoms with van der Waals surface area (Å²) >= 11 is 0. The molecule has 182 valence electrons. The van der Waals surface area contributed by atoms with Crippen LogP contribution in [0.3, 0.4) is 0 Å². The van der Waals surface area contributed by atoms with Crippen LogP contribution in [0, 0.1) is 19.7 Å². The fourth-order valence-corrected chi connectivity index (χ4v) is 4.50. The van der Waals surface area contributed by atoms with E-state index in [1.165, 1.54) is 11.0 Å². The molecule has 5 nitrogen and oxygen atoms in total. The summed E-state index contributed by atoms with van der Waals surface area (Å²) in [6.45, 7) is 4.35. The van der Waals surface area contributed by atoms with E-state index < -0.39 is 12.0 Å². The van der Waals surface area contributed by atoms with Crippen LogP contribution in [0.4, 0.5) is 15.8 Å². The maximum atomic E-state index is 14.9. The second-order valence-corrected chi connectivity index (χ2v) is 8.78. The van der Waals surface area contributed by atoms with Crippen LogP contribution in [0.5, 0.6) is 11.5 Å². The van der Waals surface area contributed by atoms with Gasteiger partial charge in [0.05, 0.1) is 18.4 Å². The highest BCUT2D eigenvalue weighted by Gasteiger charge is 2.35. The quantitative estimate of drug-likeness (QED) is 0.328. The number of hydrogen-bond donors (Lipinski definition) is 1. The molecule has 1 atom stereocenters. The molecule has 1 amide bonds. The van der Waals surface area contributed by atoms with Gasteiger partial charge in [-0.15, -0.1) is 0 Å². The van der Waals surface area contributed by atoms with E-state index in [-0.39, 0.29) is 18.2 Å². The van der Waals surface area contributed by atoms with Gasteiger partial charge >= 0.3 is 0 Å². The first-order valence-electron chi connectivity index (χ1n) is 11.8. The van der Waals surface area contributed by atoms with Crippen molar-refractivity contribution < 1.29 is 18.7 Å². The molecule has 0 saturated carbocycles. The molecule has 4 aromatic carbocycles. The summed E-state index contributed by atoms with van der Waals surface area (Å²) in [7, 11) is 1.61. The Morgan fingerprint density at radius 3 is 2.50 bits per heavy atom. The highest BCUT2D eigenvalue weighted by molar-refractivity contribution is 6.12. The van der Waals surface area contributed by atoms with Gasteiger partial charge in [0.15, 0.2) is 0 Å². The van der Waals surface area contributed by atoms with Crippen LogP contribution >= 0.6 is 0 Å². The minimum absolute atomic E-state index is 0.207. The van der Waals surface area contributed by atoms with Gasteiger partial charge in [0.2, 0.25) is 0 Å². The first-order chi connectivity index (χ1) is 17.5. The molecule has 6 heteroatoms. The molecular formula is C30H27FN2O3. The Balaban J connectivity index is 1.55. The first-order valence-corrected chi connectivity index (χ1v) is 11.8. The van der Waals surface area contributed by atoms with Crippen molar-refractivity contribution in [1.82, 2.24) is 0 Å². The molecule has 0 aromatic heterocycles. The van der Waals surface area contributed by atoms with Crippen LogP contribution in [0.1, 0.15) is 38.8 Å². The highest BCUT2D eigenvalue weighted by Crippen LogP contribution is 2.39. The zero-order valence-electron chi connectivity index (χ0n) is 20.4. The summed E-state index contributed by atoms with van der Waals surface area (Å²) < 4.78 is 26.7. The Morgan fingerprint density at radius 1 is 0.917 bits per heavy atom. The highest BCUT2D eigenvalue weighted by atomic mass is 19.1. The molecule has 0 spiro atoms. The van der Waals surface area contributed by atoms with Crippen molar-refractivity contribution in [2.24, 2.45) is 0 Å². The molecule has 0 radical (unpaired) electrons. The fourth-order valence-electron chi connectivity index (χ4n) is 4.50. The third kappa shape index (κ3) is 4.26. The molecule has 1 aliphatic rings. The van der Waals surface area contributed by atoms with Crippen LogP contribution in [-0.2, 0) is 6.61 Å². The van der Waals surface area contributed by atoms with Gasteiger partial charge in [-0.25, -0.2) is 4.39 Å². The number of benzene rings is 4. The Hall–Kier alpha value is -4.32. The number of nitrogens with zero attached hydrogens (tertiary/aromatic N) is 1. The van der Waals surface area contributed by atoms with Crippen molar-refractivity contribution in [3.63, 3.8) is 0 Å². The molecule has 0 bridgehead atoms. The summed E-state index contributed by atoms with van der Waals surface area (Å²) in [5.41, 5.74) is 5.22. The number of methoxy groups -OCH3 is 1. The number of carbonyl (C=O) groups excluding carboxylic acids is 1. The van der Waals surface area contributed by atoms with Gasteiger partial charge in [0.1, 0.15) is 30.1 Å². The maximum absolute atomic E-state index is 14.9. The lowest BCUT2D eigenvalue weighted by atomic mass is 10.0. The number of carbonyl (C=O) groups is 1. The molecular weight excluding hydrogens is 455 g/mol. The summed E-state index contributed by atoms with van der Waals surface area (Å²) in [5, 5.41) is 3.43. The fraction of sp³-hybridized carbons (Fsp3) is 0.167. The van der Waals surface area contributed by atoms with Gasteiger partial charge < -0.3 is 14.8 Å². The van der Waals surface area contributed by atoms with E-state index in [0.717, 1.165) is 28.0 Å². The SMILES string of the molecule is COc1ccc([C@H]2Nc3ccccc3C(=O)N2c2ccccc2F)cc1COc1cccc(C)c1C. The van der Waals surface area contributed by atoms with Gasteiger partial charge in [0, 0.05) is 11.3 Å². The maximum Gasteiger partial charge on any atom is 0.262 e. The van der Waals surface area contributed by atoms with Gasteiger partial charge in [-0.1, -0.05) is 42.5 Å². The minimum atomic E-state index is -0.630. The lowest BCUT2D eigenvalue weighted by Gasteiger charge is -2.38. The van der Waals surface area contributed by atoms with Crippen molar-refractivity contribution >= 4 is 17.3 Å². The summed E-state index contributed by atoms with van der Waals surface area (Å²) in [5.74, 6) is 0.729. The van der Waals surface area contributed by atoms with Crippen molar-refractivity contribution in [2.75, 3.05) is 17.3 Å². The summed E-state index contributed by atoms with van der Waals surface area (Å²) in [4.78, 5) is 15.1. The van der Waals surface area contributed by atoms with Gasteiger partial charge in [-0.05, 0) is 73.0 Å². The number of hydrogen-bond acceptors (Lipinski definition) is 4. The average molecular weight is 483 g/mol. The second-order valence-electron chi connectivity index (χ2n) is 8.78. The molecule has 0 aliphatic carbocycles. The molecule has 0 saturated heterocycles. The number of anilines is 2. The molecule has 5 rings (SSSR count). The van der Waals surface area contributed by atoms with Crippen LogP contribution in [-0.4, -0.2) is 13.0 Å². The number of rotatable bonds is 6. The van der Waals surface area contributed by atoms with Crippen molar-refractivity contribution in [3.05, 3.63) is 119 Å².